The van der Waals surface area contributed by atoms with Crippen LogP contribution in [0.3, 0.4) is 0 Å². The molecule has 2 aromatic rings. The van der Waals surface area contributed by atoms with Crippen LogP contribution < -0.4 is 5.73 Å². The van der Waals surface area contributed by atoms with E-state index in [4.69, 9.17) is 5.73 Å². The molecule has 0 atom stereocenters. The number of primary amides is 1. The van der Waals surface area contributed by atoms with Gasteiger partial charge >= 0.3 is 0 Å². The Morgan fingerprint density at radius 3 is 2.20 bits per heavy atom. The molecule has 2 amide bonds. The highest BCUT2D eigenvalue weighted by Gasteiger charge is 2.30. The second-order valence-electron chi connectivity index (χ2n) is 9.33. The lowest BCUT2D eigenvalue weighted by Crippen LogP contribution is -2.33. The minimum Gasteiger partial charge on any atom is -0.366 e. The number of halogens is 2. The number of nitrogens with two attached hydrogens (primary N) is 1. The molecule has 2 rings (SSSR count). The van der Waals surface area contributed by atoms with Crippen molar-refractivity contribution in [3.05, 3.63) is 70.3 Å². The molecule has 0 bridgehead atoms. The summed E-state index contributed by atoms with van der Waals surface area (Å²) in [5, 5.41) is 0. The van der Waals surface area contributed by atoms with Gasteiger partial charge in [-0.25, -0.2) is 8.78 Å². The summed E-state index contributed by atoms with van der Waals surface area (Å²) >= 11 is 0. The first-order valence-corrected chi connectivity index (χ1v) is 9.90. The highest BCUT2D eigenvalue weighted by atomic mass is 19.1. The van der Waals surface area contributed by atoms with E-state index in [0.717, 1.165) is 0 Å². The summed E-state index contributed by atoms with van der Waals surface area (Å²) in [6, 6.07) is 8.61. The molecule has 0 radical (unpaired) electrons. The third-order valence-electron chi connectivity index (χ3n) is 5.40. The molecule has 2 aromatic carbocycles. The second kappa shape index (κ2) is 8.54. The molecule has 0 saturated carbocycles. The Kier molecular flexibility index (Phi) is 6.70. The number of rotatable bonds is 6. The minimum absolute atomic E-state index is 0.141. The van der Waals surface area contributed by atoms with Crippen LogP contribution in [0.1, 0.15) is 72.9 Å². The molecule has 0 unspecified atom stereocenters. The van der Waals surface area contributed by atoms with E-state index in [0.29, 0.717) is 24.1 Å². The number of nitrogens with zero attached hydrogens (tertiary/aromatic N) is 1. The van der Waals surface area contributed by atoms with Crippen molar-refractivity contribution in [3.63, 3.8) is 0 Å². The first-order chi connectivity index (χ1) is 13.8. The number of hydrogen-bond acceptors (Lipinski definition) is 2. The fourth-order valence-electron chi connectivity index (χ4n) is 3.54. The third kappa shape index (κ3) is 5.04. The molecule has 0 aliphatic carbocycles. The van der Waals surface area contributed by atoms with E-state index in [-0.39, 0.29) is 22.9 Å². The van der Waals surface area contributed by atoms with Gasteiger partial charge in [0.05, 0.1) is 0 Å². The fraction of sp³-hybridized carbons (Fsp3) is 0.417. The largest absolute Gasteiger partial charge is 0.366 e. The lowest BCUT2D eigenvalue weighted by molar-refractivity contribution is 0.0784. The molecule has 2 N–H and O–H groups in total. The minimum atomic E-state index is -0.733. The summed E-state index contributed by atoms with van der Waals surface area (Å²) in [5.74, 6) is -1.79. The Morgan fingerprint density at radius 2 is 1.63 bits per heavy atom. The topological polar surface area (TPSA) is 63.4 Å². The summed E-state index contributed by atoms with van der Waals surface area (Å²) in [6.07, 6.45) is 0.407. The van der Waals surface area contributed by atoms with E-state index in [2.05, 4.69) is 0 Å². The highest BCUT2D eigenvalue weighted by molar-refractivity contribution is 5.95. The van der Waals surface area contributed by atoms with E-state index >= 15 is 0 Å². The summed E-state index contributed by atoms with van der Waals surface area (Å²) in [7, 11) is 1.65. The van der Waals surface area contributed by atoms with Gasteiger partial charge in [0.1, 0.15) is 11.6 Å². The molecule has 6 heteroatoms. The molecule has 0 spiro atoms. The lowest BCUT2D eigenvalue weighted by atomic mass is 9.78. The van der Waals surface area contributed by atoms with Crippen molar-refractivity contribution in [1.29, 1.82) is 0 Å². The van der Waals surface area contributed by atoms with Gasteiger partial charge in [0.15, 0.2) is 0 Å². The van der Waals surface area contributed by atoms with Crippen molar-refractivity contribution in [2.24, 2.45) is 5.73 Å². The van der Waals surface area contributed by atoms with Crippen LogP contribution >= 0.6 is 0 Å². The lowest BCUT2D eigenvalue weighted by Gasteiger charge is -2.30. The van der Waals surface area contributed by atoms with Crippen molar-refractivity contribution in [2.75, 3.05) is 13.6 Å². The van der Waals surface area contributed by atoms with Crippen LogP contribution in [-0.4, -0.2) is 30.3 Å². The zero-order valence-electron chi connectivity index (χ0n) is 18.5. The van der Waals surface area contributed by atoms with Crippen molar-refractivity contribution in [1.82, 2.24) is 4.90 Å². The molecule has 0 heterocycles. The van der Waals surface area contributed by atoms with Gasteiger partial charge in [-0.2, -0.15) is 0 Å². The number of amides is 2. The maximum absolute atomic E-state index is 14.5. The fourth-order valence-corrected chi connectivity index (χ4v) is 3.54. The number of benzene rings is 2. The normalized spacial score (nSPS) is 12.0. The Bertz CT molecular complexity index is 962. The molecule has 0 aliphatic rings. The molecule has 4 nitrogen and oxygen atoms in total. The number of hydrogen-bond donors (Lipinski definition) is 1. The van der Waals surface area contributed by atoms with Gasteiger partial charge in [-0.05, 0) is 53.1 Å². The van der Waals surface area contributed by atoms with Gasteiger partial charge in [0.25, 0.3) is 5.91 Å². The predicted molar refractivity (Wildman–Crippen MR) is 115 cm³/mol. The smallest absolute Gasteiger partial charge is 0.253 e. The van der Waals surface area contributed by atoms with Crippen molar-refractivity contribution >= 4 is 11.8 Å². The average Bonchev–Trinajstić information content (AvgIpc) is 2.64. The standard InChI is InChI=1S/C24H30F2N2O2/c1-23(2,3)17-14-15(10-11-18(17)25)22(30)28(6)13-12-24(4,5)20-16(21(27)29)8-7-9-19(20)26/h7-11,14H,12-13H2,1-6H3,(H2,27,29). The van der Waals surface area contributed by atoms with Crippen LogP contribution in [-0.2, 0) is 10.8 Å². The van der Waals surface area contributed by atoms with Crippen LogP contribution in [0.4, 0.5) is 8.78 Å². The molecule has 0 aliphatic heterocycles. The molecular weight excluding hydrogens is 386 g/mol. The summed E-state index contributed by atoms with van der Waals surface area (Å²) < 4.78 is 28.7. The molecule has 0 fully saturated rings. The van der Waals surface area contributed by atoms with Gasteiger partial charge in [0.2, 0.25) is 5.91 Å². The molecular formula is C24H30F2N2O2. The highest BCUT2D eigenvalue weighted by Crippen LogP contribution is 2.32. The quantitative estimate of drug-likeness (QED) is 0.735. The predicted octanol–water partition coefficient (Wildman–Crippen LogP) is 4.80. The van der Waals surface area contributed by atoms with Crippen LogP contribution in [0.5, 0.6) is 0 Å². The molecule has 0 saturated heterocycles. The van der Waals surface area contributed by atoms with E-state index in [1.165, 1.54) is 35.2 Å². The average molecular weight is 417 g/mol. The van der Waals surface area contributed by atoms with Crippen molar-refractivity contribution < 1.29 is 18.4 Å². The molecule has 30 heavy (non-hydrogen) atoms. The van der Waals surface area contributed by atoms with E-state index in [1.807, 2.05) is 34.6 Å². The summed E-state index contributed by atoms with van der Waals surface area (Å²) in [4.78, 5) is 26.2. The first kappa shape index (κ1) is 23.5. The zero-order chi connectivity index (χ0) is 22.9. The maximum atomic E-state index is 14.5. The molecule has 0 aromatic heterocycles. The monoisotopic (exact) mass is 416 g/mol. The SMILES string of the molecule is CN(CCC(C)(C)c1c(F)cccc1C(N)=O)C(=O)c1ccc(F)c(C(C)(C)C)c1. The number of carbonyl (C=O) groups is 2. The second-order valence-corrected chi connectivity index (χ2v) is 9.33. The molecule has 162 valence electrons. The van der Waals surface area contributed by atoms with Crippen LogP contribution in [0, 0.1) is 11.6 Å². The van der Waals surface area contributed by atoms with Gasteiger partial charge in [-0.15, -0.1) is 0 Å². The summed E-state index contributed by atoms with van der Waals surface area (Å²) in [6.45, 7) is 9.60. The van der Waals surface area contributed by atoms with Crippen LogP contribution in [0.15, 0.2) is 36.4 Å². The van der Waals surface area contributed by atoms with Crippen LogP contribution in [0.2, 0.25) is 0 Å². The zero-order valence-corrected chi connectivity index (χ0v) is 18.5. The van der Waals surface area contributed by atoms with Gasteiger partial charge in [-0.1, -0.05) is 40.7 Å². The Labute approximate surface area is 177 Å². The van der Waals surface area contributed by atoms with Crippen LogP contribution in [0.25, 0.3) is 0 Å². The Morgan fingerprint density at radius 1 is 1.00 bits per heavy atom. The Balaban J connectivity index is 2.23. The van der Waals surface area contributed by atoms with Crippen molar-refractivity contribution in [2.45, 2.75) is 51.9 Å². The van der Waals surface area contributed by atoms with Crippen molar-refractivity contribution in [3.8, 4) is 0 Å². The van der Waals surface area contributed by atoms with Gasteiger partial charge in [-0.3, -0.25) is 9.59 Å². The maximum Gasteiger partial charge on any atom is 0.253 e. The van der Waals surface area contributed by atoms with E-state index < -0.39 is 22.6 Å². The van der Waals surface area contributed by atoms with E-state index in [1.54, 1.807) is 13.1 Å². The van der Waals surface area contributed by atoms with Gasteiger partial charge < -0.3 is 10.6 Å². The summed E-state index contributed by atoms with van der Waals surface area (Å²) in [5.41, 5.74) is 5.51. The van der Waals surface area contributed by atoms with E-state index in [9.17, 15) is 18.4 Å². The Hall–Kier alpha value is -2.76. The first-order valence-electron chi connectivity index (χ1n) is 9.90. The third-order valence-corrected chi connectivity index (χ3v) is 5.40. The van der Waals surface area contributed by atoms with Gasteiger partial charge in [0, 0.05) is 30.3 Å². The number of carbonyl (C=O) groups excluding carboxylic acids is 2.